The van der Waals surface area contributed by atoms with Crippen molar-refractivity contribution in [2.45, 2.75) is 13.3 Å². The summed E-state index contributed by atoms with van der Waals surface area (Å²) in [6.45, 7) is 2.43. The number of hydrogen-bond donors (Lipinski definition) is 2. The first-order valence-corrected chi connectivity index (χ1v) is 5.34. The van der Waals surface area contributed by atoms with E-state index in [2.05, 4.69) is 15.9 Å². The van der Waals surface area contributed by atoms with Gasteiger partial charge in [0.15, 0.2) is 0 Å². The molecule has 0 spiro atoms. The zero-order valence-electron chi connectivity index (χ0n) is 8.20. The third-order valence-corrected chi connectivity index (χ3v) is 2.63. The number of ether oxygens (including phenoxy) is 1. The van der Waals surface area contributed by atoms with E-state index in [9.17, 15) is 4.39 Å². The molecule has 0 bridgehead atoms. The van der Waals surface area contributed by atoms with Gasteiger partial charge in [-0.25, -0.2) is 4.39 Å². The molecule has 0 radical (unpaired) electrons. The van der Waals surface area contributed by atoms with Gasteiger partial charge in [0.1, 0.15) is 11.6 Å². The summed E-state index contributed by atoms with van der Waals surface area (Å²) in [7, 11) is -1.86. The average Bonchev–Trinajstić information content (AvgIpc) is 2.16. The van der Waals surface area contributed by atoms with E-state index in [1.807, 2.05) is 6.92 Å². The molecule has 6 heteroatoms. The maximum atomic E-state index is 13.2. The fourth-order valence-corrected chi connectivity index (χ4v) is 1.75. The molecule has 1 aromatic rings. The maximum Gasteiger partial charge on any atom is 0.492 e. The third-order valence-electron chi connectivity index (χ3n) is 1.81. The summed E-state index contributed by atoms with van der Waals surface area (Å²) in [4.78, 5) is 0. The van der Waals surface area contributed by atoms with E-state index in [4.69, 9.17) is 14.8 Å². The van der Waals surface area contributed by atoms with Crippen LogP contribution in [-0.2, 0) is 0 Å². The minimum absolute atomic E-state index is 0.205. The molecule has 3 nitrogen and oxygen atoms in total. The zero-order chi connectivity index (χ0) is 11.4. The van der Waals surface area contributed by atoms with Crippen LogP contribution >= 0.6 is 15.9 Å². The molecule has 0 unspecified atom stereocenters. The summed E-state index contributed by atoms with van der Waals surface area (Å²) in [6.07, 6.45) is 0.820. The largest absolute Gasteiger partial charge is 0.492 e. The standard InChI is InChI=1S/C9H11BBrFO3/c1-2-5-15-7-4-3-6(12)8(9(7)11)10(13)14/h3-4,13-14H,2,5H2,1H3. The molecule has 0 saturated carbocycles. The number of hydrogen-bond acceptors (Lipinski definition) is 3. The predicted molar refractivity (Wildman–Crippen MR) is 59.7 cm³/mol. The van der Waals surface area contributed by atoms with Gasteiger partial charge in [0, 0.05) is 5.46 Å². The zero-order valence-corrected chi connectivity index (χ0v) is 9.79. The molecule has 0 aliphatic heterocycles. The minimum Gasteiger partial charge on any atom is -0.492 e. The summed E-state index contributed by atoms with van der Waals surface area (Å²) in [5.74, 6) is -0.276. The van der Waals surface area contributed by atoms with E-state index >= 15 is 0 Å². The van der Waals surface area contributed by atoms with Crippen LogP contribution in [-0.4, -0.2) is 23.8 Å². The van der Waals surface area contributed by atoms with Crippen LogP contribution in [0.15, 0.2) is 16.6 Å². The molecule has 0 aromatic heterocycles. The Bertz CT molecular complexity index is 346. The van der Waals surface area contributed by atoms with Crippen LogP contribution in [0.4, 0.5) is 4.39 Å². The fraction of sp³-hybridized carbons (Fsp3) is 0.333. The third kappa shape index (κ3) is 2.93. The van der Waals surface area contributed by atoms with Crippen LogP contribution in [0, 0.1) is 5.82 Å². The number of halogens is 2. The lowest BCUT2D eigenvalue weighted by Crippen LogP contribution is -2.34. The second-order valence-corrected chi connectivity index (χ2v) is 3.79. The van der Waals surface area contributed by atoms with E-state index in [0.717, 1.165) is 12.5 Å². The molecule has 1 aromatic carbocycles. The van der Waals surface area contributed by atoms with Gasteiger partial charge < -0.3 is 14.8 Å². The summed E-state index contributed by atoms with van der Waals surface area (Å²) in [5.41, 5.74) is -0.205. The molecule has 0 fully saturated rings. The Labute approximate surface area is 96.2 Å². The van der Waals surface area contributed by atoms with Crippen molar-refractivity contribution in [3.8, 4) is 5.75 Å². The average molecular weight is 277 g/mol. The van der Waals surface area contributed by atoms with Gasteiger partial charge in [-0.3, -0.25) is 0 Å². The molecule has 82 valence electrons. The number of benzene rings is 1. The van der Waals surface area contributed by atoms with Gasteiger partial charge in [-0.2, -0.15) is 0 Å². The van der Waals surface area contributed by atoms with Crippen LogP contribution in [0.5, 0.6) is 5.75 Å². The van der Waals surface area contributed by atoms with Gasteiger partial charge in [-0.1, -0.05) is 6.92 Å². The molecule has 0 aliphatic rings. The molecule has 0 amide bonds. The van der Waals surface area contributed by atoms with Crippen molar-refractivity contribution < 1.29 is 19.2 Å². The Balaban J connectivity index is 3.05. The Kier molecular flexibility index (Phi) is 4.57. The maximum absolute atomic E-state index is 13.2. The first-order chi connectivity index (χ1) is 7.07. The number of rotatable bonds is 4. The van der Waals surface area contributed by atoms with Crippen LogP contribution in [0.3, 0.4) is 0 Å². The molecule has 2 N–H and O–H groups in total. The summed E-state index contributed by atoms with van der Waals surface area (Å²) >= 11 is 3.08. The first-order valence-electron chi connectivity index (χ1n) is 4.54. The Morgan fingerprint density at radius 2 is 2.13 bits per heavy atom. The van der Waals surface area contributed by atoms with Crippen molar-refractivity contribution in [1.29, 1.82) is 0 Å². The van der Waals surface area contributed by atoms with E-state index < -0.39 is 12.9 Å². The molecule has 0 heterocycles. The Morgan fingerprint density at radius 1 is 1.47 bits per heavy atom. The van der Waals surface area contributed by atoms with Crippen molar-refractivity contribution in [2.24, 2.45) is 0 Å². The lowest BCUT2D eigenvalue weighted by atomic mass is 9.80. The van der Waals surface area contributed by atoms with E-state index in [1.165, 1.54) is 6.07 Å². The van der Waals surface area contributed by atoms with Crippen molar-refractivity contribution in [2.75, 3.05) is 6.61 Å². The molecular formula is C9H11BBrFO3. The SMILES string of the molecule is CCCOc1ccc(F)c(B(O)O)c1Br. The highest BCUT2D eigenvalue weighted by molar-refractivity contribution is 9.10. The molecule has 0 aliphatic carbocycles. The quantitative estimate of drug-likeness (QED) is 0.809. The molecular weight excluding hydrogens is 266 g/mol. The van der Waals surface area contributed by atoms with Crippen molar-refractivity contribution in [3.05, 3.63) is 22.4 Å². The van der Waals surface area contributed by atoms with Gasteiger partial charge in [-0.05, 0) is 34.5 Å². The Morgan fingerprint density at radius 3 is 2.67 bits per heavy atom. The van der Waals surface area contributed by atoms with E-state index in [0.29, 0.717) is 12.4 Å². The second-order valence-electron chi connectivity index (χ2n) is 3.00. The summed E-state index contributed by atoms with van der Waals surface area (Å²) in [6, 6.07) is 2.59. The monoisotopic (exact) mass is 276 g/mol. The second kappa shape index (κ2) is 5.49. The van der Waals surface area contributed by atoms with Crippen molar-refractivity contribution in [3.63, 3.8) is 0 Å². The van der Waals surface area contributed by atoms with E-state index in [1.54, 1.807) is 0 Å². The fourth-order valence-electron chi connectivity index (χ4n) is 1.11. The minimum atomic E-state index is -1.86. The Hall–Kier alpha value is -0.585. The predicted octanol–water partition coefficient (Wildman–Crippen LogP) is 1.06. The smallest absolute Gasteiger partial charge is 0.492 e. The van der Waals surface area contributed by atoms with Crippen molar-refractivity contribution >= 4 is 28.5 Å². The van der Waals surface area contributed by atoms with Crippen LogP contribution in [0.2, 0.25) is 0 Å². The lowest BCUT2D eigenvalue weighted by Gasteiger charge is -2.11. The highest BCUT2D eigenvalue weighted by atomic mass is 79.9. The first kappa shape index (κ1) is 12.5. The van der Waals surface area contributed by atoms with E-state index in [-0.39, 0.29) is 9.94 Å². The normalized spacial score (nSPS) is 10.2. The van der Waals surface area contributed by atoms with Crippen LogP contribution in [0.1, 0.15) is 13.3 Å². The topological polar surface area (TPSA) is 49.7 Å². The van der Waals surface area contributed by atoms with Gasteiger partial charge >= 0.3 is 7.12 Å². The molecule has 1 rings (SSSR count). The highest BCUT2D eigenvalue weighted by Gasteiger charge is 2.22. The molecule has 15 heavy (non-hydrogen) atoms. The van der Waals surface area contributed by atoms with Crippen LogP contribution in [0.25, 0.3) is 0 Å². The van der Waals surface area contributed by atoms with Gasteiger partial charge in [0.05, 0.1) is 11.1 Å². The molecule has 0 atom stereocenters. The van der Waals surface area contributed by atoms with Gasteiger partial charge in [-0.15, -0.1) is 0 Å². The van der Waals surface area contributed by atoms with Gasteiger partial charge in [0.2, 0.25) is 0 Å². The highest BCUT2D eigenvalue weighted by Crippen LogP contribution is 2.24. The summed E-state index contributed by atoms with van der Waals surface area (Å²) in [5, 5.41) is 17.9. The summed E-state index contributed by atoms with van der Waals surface area (Å²) < 4.78 is 18.7. The van der Waals surface area contributed by atoms with Crippen LogP contribution < -0.4 is 10.2 Å². The molecule has 0 saturated heterocycles. The van der Waals surface area contributed by atoms with Crippen molar-refractivity contribution in [1.82, 2.24) is 0 Å². The lowest BCUT2D eigenvalue weighted by molar-refractivity contribution is 0.315. The van der Waals surface area contributed by atoms with Gasteiger partial charge in [0.25, 0.3) is 0 Å².